The molecular formula is C13H18BrClN2O4S. The lowest BCUT2D eigenvalue weighted by Gasteiger charge is -2.21. The van der Waals surface area contributed by atoms with Gasteiger partial charge in [0.2, 0.25) is 15.9 Å². The molecule has 0 fully saturated rings. The molecule has 6 nitrogen and oxygen atoms in total. The van der Waals surface area contributed by atoms with Gasteiger partial charge >= 0.3 is 0 Å². The van der Waals surface area contributed by atoms with Crippen LogP contribution in [0.15, 0.2) is 21.5 Å². The lowest BCUT2D eigenvalue weighted by molar-refractivity contribution is -0.121. The number of halogens is 2. The Hall–Kier alpha value is -0.830. The number of amides is 1. The molecule has 1 aromatic rings. The lowest BCUT2D eigenvalue weighted by Crippen LogP contribution is -2.40. The summed E-state index contributed by atoms with van der Waals surface area (Å²) in [5.74, 6) is -0.216. The molecule has 0 heterocycles. The van der Waals surface area contributed by atoms with Crippen LogP contribution in [0, 0.1) is 0 Å². The molecule has 0 saturated heterocycles. The van der Waals surface area contributed by atoms with Crippen LogP contribution in [0.1, 0.15) is 13.8 Å². The summed E-state index contributed by atoms with van der Waals surface area (Å²) >= 11 is 9.17. The number of benzene rings is 1. The van der Waals surface area contributed by atoms with Gasteiger partial charge in [0.05, 0.1) is 18.1 Å². The van der Waals surface area contributed by atoms with Gasteiger partial charge in [-0.3, -0.25) is 4.79 Å². The SMILES string of the molecule is CCNC(=O)CN(CC)S(=O)(=O)c1cc(Cl)cc(Br)c1OC. The van der Waals surface area contributed by atoms with Crippen molar-refractivity contribution in [1.29, 1.82) is 0 Å². The molecule has 0 aliphatic carbocycles. The molecule has 0 aromatic heterocycles. The van der Waals surface area contributed by atoms with Crippen LogP contribution >= 0.6 is 27.5 Å². The van der Waals surface area contributed by atoms with Gasteiger partial charge in [0.25, 0.3) is 0 Å². The normalized spacial score (nSPS) is 11.5. The molecule has 1 N–H and O–H groups in total. The first-order valence-corrected chi connectivity index (χ1v) is 9.18. The second-order valence-corrected chi connectivity index (χ2v) is 7.50. The Balaban J connectivity index is 3.30. The Morgan fingerprint density at radius 3 is 2.55 bits per heavy atom. The standard InChI is InChI=1S/C13H18BrClN2O4S/c1-4-16-12(18)8-17(5-2)22(19,20)11-7-9(15)6-10(14)13(11)21-3/h6-7H,4-5,8H2,1-3H3,(H,16,18). The predicted octanol–water partition coefficient (Wildman–Crippen LogP) is 2.26. The van der Waals surface area contributed by atoms with Gasteiger partial charge in [0, 0.05) is 18.1 Å². The molecule has 1 amide bonds. The fraction of sp³-hybridized carbons (Fsp3) is 0.462. The molecular weight excluding hydrogens is 396 g/mol. The zero-order valence-electron chi connectivity index (χ0n) is 12.5. The summed E-state index contributed by atoms with van der Waals surface area (Å²) in [5, 5.41) is 2.82. The van der Waals surface area contributed by atoms with E-state index in [4.69, 9.17) is 16.3 Å². The van der Waals surface area contributed by atoms with Crippen LogP contribution in [-0.2, 0) is 14.8 Å². The van der Waals surface area contributed by atoms with Crippen molar-refractivity contribution in [1.82, 2.24) is 9.62 Å². The van der Waals surface area contributed by atoms with Crippen molar-refractivity contribution < 1.29 is 17.9 Å². The first-order chi connectivity index (χ1) is 10.3. The smallest absolute Gasteiger partial charge is 0.247 e. The van der Waals surface area contributed by atoms with Gasteiger partial charge in [-0.15, -0.1) is 0 Å². The number of carbonyl (C=O) groups excluding carboxylic acids is 1. The lowest BCUT2D eigenvalue weighted by atomic mass is 10.3. The zero-order valence-corrected chi connectivity index (χ0v) is 15.7. The van der Waals surface area contributed by atoms with Gasteiger partial charge in [-0.1, -0.05) is 18.5 Å². The summed E-state index contributed by atoms with van der Waals surface area (Å²) in [5.41, 5.74) is 0. The van der Waals surface area contributed by atoms with E-state index in [0.717, 1.165) is 4.31 Å². The minimum Gasteiger partial charge on any atom is -0.494 e. The average molecular weight is 414 g/mol. The first kappa shape index (κ1) is 19.2. The Labute approximate surface area is 144 Å². The molecule has 0 bridgehead atoms. The van der Waals surface area contributed by atoms with Crippen molar-refractivity contribution in [3.63, 3.8) is 0 Å². The molecule has 0 unspecified atom stereocenters. The third kappa shape index (κ3) is 4.34. The van der Waals surface area contributed by atoms with Gasteiger partial charge in [-0.05, 0) is 35.0 Å². The van der Waals surface area contributed by atoms with Crippen LogP contribution in [0.5, 0.6) is 5.75 Å². The fourth-order valence-electron chi connectivity index (χ4n) is 1.85. The minimum absolute atomic E-state index is 0.0828. The van der Waals surface area contributed by atoms with Gasteiger partial charge in [-0.2, -0.15) is 4.31 Å². The van der Waals surface area contributed by atoms with Gasteiger partial charge in [0.15, 0.2) is 5.75 Å². The Morgan fingerprint density at radius 2 is 2.05 bits per heavy atom. The summed E-state index contributed by atoms with van der Waals surface area (Å²) in [7, 11) is -2.55. The molecule has 9 heteroatoms. The topological polar surface area (TPSA) is 75.7 Å². The molecule has 22 heavy (non-hydrogen) atoms. The fourth-order valence-corrected chi connectivity index (χ4v) is 4.62. The number of nitrogens with one attached hydrogen (secondary N) is 1. The van der Waals surface area contributed by atoms with E-state index in [-0.39, 0.29) is 34.7 Å². The van der Waals surface area contributed by atoms with Crippen LogP contribution in [0.25, 0.3) is 0 Å². The van der Waals surface area contributed by atoms with Crippen molar-refractivity contribution in [3.8, 4) is 5.75 Å². The summed E-state index contributed by atoms with van der Waals surface area (Å²) < 4.78 is 32.2. The van der Waals surface area contributed by atoms with E-state index in [1.165, 1.54) is 13.2 Å². The molecule has 0 radical (unpaired) electrons. The second-order valence-electron chi connectivity index (χ2n) is 4.30. The highest BCUT2D eigenvalue weighted by Gasteiger charge is 2.29. The van der Waals surface area contributed by atoms with E-state index in [1.54, 1.807) is 19.9 Å². The number of carbonyl (C=O) groups is 1. The summed E-state index contributed by atoms with van der Waals surface area (Å²) in [6, 6.07) is 2.85. The molecule has 0 saturated carbocycles. The number of nitrogens with zero attached hydrogens (tertiary/aromatic N) is 1. The highest BCUT2D eigenvalue weighted by molar-refractivity contribution is 9.10. The average Bonchev–Trinajstić information content (AvgIpc) is 2.44. The number of sulfonamides is 1. The van der Waals surface area contributed by atoms with Crippen molar-refractivity contribution in [2.75, 3.05) is 26.7 Å². The number of hydrogen-bond donors (Lipinski definition) is 1. The number of rotatable bonds is 7. The molecule has 124 valence electrons. The van der Waals surface area contributed by atoms with E-state index in [0.29, 0.717) is 11.0 Å². The van der Waals surface area contributed by atoms with Crippen molar-refractivity contribution >= 4 is 43.5 Å². The van der Waals surface area contributed by atoms with Crippen LogP contribution in [0.4, 0.5) is 0 Å². The third-order valence-electron chi connectivity index (χ3n) is 2.84. The summed E-state index contributed by atoms with van der Waals surface area (Å²) in [6.07, 6.45) is 0. The van der Waals surface area contributed by atoms with E-state index >= 15 is 0 Å². The maximum Gasteiger partial charge on any atom is 0.247 e. The van der Waals surface area contributed by atoms with E-state index < -0.39 is 10.0 Å². The Kier molecular flexibility index (Phi) is 7.11. The molecule has 0 aliphatic heterocycles. The monoisotopic (exact) mass is 412 g/mol. The molecule has 1 rings (SSSR count). The Morgan fingerprint density at radius 1 is 1.41 bits per heavy atom. The van der Waals surface area contributed by atoms with Crippen molar-refractivity contribution in [2.45, 2.75) is 18.7 Å². The third-order valence-corrected chi connectivity index (χ3v) is 5.58. The predicted molar refractivity (Wildman–Crippen MR) is 88.8 cm³/mol. The van der Waals surface area contributed by atoms with Crippen molar-refractivity contribution in [2.24, 2.45) is 0 Å². The highest BCUT2D eigenvalue weighted by atomic mass is 79.9. The molecule has 0 atom stereocenters. The largest absolute Gasteiger partial charge is 0.494 e. The molecule has 0 spiro atoms. The number of hydrogen-bond acceptors (Lipinski definition) is 4. The van der Waals surface area contributed by atoms with Gasteiger partial charge in [-0.25, -0.2) is 8.42 Å². The van der Waals surface area contributed by atoms with Crippen LogP contribution in [-0.4, -0.2) is 45.4 Å². The molecule has 1 aromatic carbocycles. The van der Waals surface area contributed by atoms with E-state index in [1.807, 2.05) is 0 Å². The van der Waals surface area contributed by atoms with Crippen LogP contribution in [0.2, 0.25) is 5.02 Å². The van der Waals surface area contributed by atoms with Crippen LogP contribution < -0.4 is 10.1 Å². The van der Waals surface area contributed by atoms with Crippen molar-refractivity contribution in [3.05, 3.63) is 21.6 Å². The summed E-state index contributed by atoms with van der Waals surface area (Å²) in [4.78, 5) is 11.6. The first-order valence-electron chi connectivity index (χ1n) is 6.57. The number of methoxy groups -OCH3 is 1. The maximum atomic E-state index is 12.8. The zero-order chi connectivity index (χ0) is 16.9. The number of likely N-dealkylation sites (N-methyl/N-ethyl adjacent to an activating group) is 2. The molecule has 0 aliphatic rings. The maximum absolute atomic E-state index is 12.8. The van der Waals surface area contributed by atoms with E-state index in [9.17, 15) is 13.2 Å². The quantitative estimate of drug-likeness (QED) is 0.744. The number of ether oxygens (including phenoxy) is 1. The van der Waals surface area contributed by atoms with Gasteiger partial charge < -0.3 is 10.1 Å². The van der Waals surface area contributed by atoms with Gasteiger partial charge in [0.1, 0.15) is 4.90 Å². The minimum atomic E-state index is -3.92. The van der Waals surface area contributed by atoms with E-state index in [2.05, 4.69) is 21.2 Å². The second kappa shape index (κ2) is 8.14. The van der Waals surface area contributed by atoms with Crippen LogP contribution in [0.3, 0.4) is 0 Å². The highest BCUT2D eigenvalue weighted by Crippen LogP contribution is 2.36. The summed E-state index contributed by atoms with van der Waals surface area (Å²) in [6.45, 7) is 3.73. The Bertz CT molecular complexity index is 652.